The quantitative estimate of drug-likeness (QED) is 0.870. The number of H-pyrrole nitrogens is 1. The number of halogens is 2. The SMILES string of the molecule is CC(Cc1ccc(Cl)cc1Cl)NC(=O)N1CCC(c2ncn[nH]2)C1. The minimum atomic E-state index is -0.0606. The summed E-state index contributed by atoms with van der Waals surface area (Å²) >= 11 is 12.1. The Hall–Kier alpha value is -1.79. The smallest absolute Gasteiger partial charge is 0.317 e. The van der Waals surface area contributed by atoms with E-state index in [1.54, 1.807) is 12.1 Å². The predicted octanol–water partition coefficient (Wildman–Crippen LogP) is 3.24. The highest BCUT2D eigenvalue weighted by atomic mass is 35.5. The highest BCUT2D eigenvalue weighted by Gasteiger charge is 2.29. The molecule has 2 heterocycles. The lowest BCUT2D eigenvalue weighted by atomic mass is 10.1. The number of hydrogen-bond acceptors (Lipinski definition) is 3. The first-order valence-corrected chi connectivity index (χ1v) is 8.63. The van der Waals surface area contributed by atoms with E-state index in [1.807, 2.05) is 17.9 Å². The molecule has 1 aliphatic rings. The molecule has 0 radical (unpaired) electrons. The molecule has 0 spiro atoms. The van der Waals surface area contributed by atoms with Crippen LogP contribution in [0.2, 0.25) is 10.0 Å². The Labute approximate surface area is 150 Å². The first kappa shape index (κ1) is 17.0. The van der Waals surface area contributed by atoms with E-state index in [4.69, 9.17) is 23.2 Å². The van der Waals surface area contributed by atoms with Gasteiger partial charge in [0.15, 0.2) is 0 Å². The lowest BCUT2D eigenvalue weighted by molar-refractivity contribution is 0.204. The van der Waals surface area contributed by atoms with Gasteiger partial charge in [0.2, 0.25) is 0 Å². The Bertz CT molecular complexity index is 706. The number of hydrogen-bond donors (Lipinski definition) is 2. The second-order valence-electron chi connectivity index (χ2n) is 6.09. The lowest BCUT2D eigenvalue weighted by Crippen LogP contribution is -2.43. The van der Waals surface area contributed by atoms with Crippen LogP contribution < -0.4 is 5.32 Å². The summed E-state index contributed by atoms with van der Waals surface area (Å²) in [6, 6.07) is 5.33. The number of nitrogens with one attached hydrogen (secondary N) is 2. The van der Waals surface area contributed by atoms with Gasteiger partial charge in [0.05, 0.1) is 0 Å². The van der Waals surface area contributed by atoms with E-state index in [2.05, 4.69) is 20.5 Å². The van der Waals surface area contributed by atoms with Crippen molar-refractivity contribution in [2.75, 3.05) is 13.1 Å². The van der Waals surface area contributed by atoms with Crippen molar-refractivity contribution in [1.29, 1.82) is 0 Å². The molecule has 1 saturated heterocycles. The van der Waals surface area contributed by atoms with Gasteiger partial charge in [0, 0.05) is 35.1 Å². The molecule has 3 rings (SSSR count). The van der Waals surface area contributed by atoms with Crippen LogP contribution >= 0.6 is 23.2 Å². The maximum absolute atomic E-state index is 12.4. The summed E-state index contributed by atoms with van der Waals surface area (Å²) in [6.45, 7) is 3.33. The van der Waals surface area contributed by atoms with Gasteiger partial charge in [0.1, 0.15) is 12.2 Å². The number of nitrogens with zero attached hydrogens (tertiary/aromatic N) is 3. The third kappa shape index (κ3) is 3.99. The van der Waals surface area contributed by atoms with Gasteiger partial charge in [0.25, 0.3) is 0 Å². The summed E-state index contributed by atoms with van der Waals surface area (Å²) < 4.78 is 0. The van der Waals surface area contributed by atoms with Gasteiger partial charge >= 0.3 is 6.03 Å². The molecule has 1 aromatic heterocycles. The number of aromatic amines is 1. The zero-order valence-corrected chi connectivity index (χ0v) is 14.8. The molecular weight excluding hydrogens is 349 g/mol. The molecule has 6 nitrogen and oxygen atoms in total. The summed E-state index contributed by atoms with van der Waals surface area (Å²) in [5.74, 6) is 1.06. The average Bonchev–Trinajstić information content (AvgIpc) is 3.20. The summed E-state index contributed by atoms with van der Waals surface area (Å²) in [5.41, 5.74) is 0.967. The second kappa shape index (κ2) is 7.40. The number of carbonyl (C=O) groups is 1. The van der Waals surface area contributed by atoms with Gasteiger partial charge in [-0.1, -0.05) is 29.3 Å². The molecule has 2 amide bonds. The van der Waals surface area contributed by atoms with Crippen molar-refractivity contribution in [3.63, 3.8) is 0 Å². The molecule has 2 atom stereocenters. The molecule has 1 aromatic carbocycles. The van der Waals surface area contributed by atoms with Gasteiger partial charge in [-0.3, -0.25) is 5.10 Å². The maximum atomic E-state index is 12.4. The van der Waals surface area contributed by atoms with E-state index in [1.165, 1.54) is 6.33 Å². The topological polar surface area (TPSA) is 73.9 Å². The largest absolute Gasteiger partial charge is 0.335 e. The van der Waals surface area contributed by atoms with Crippen LogP contribution in [0.5, 0.6) is 0 Å². The van der Waals surface area contributed by atoms with Gasteiger partial charge in [-0.05, 0) is 37.5 Å². The Morgan fingerprint density at radius 3 is 3.04 bits per heavy atom. The molecule has 8 heteroatoms. The van der Waals surface area contributed by atoms with Crippen molar-refractivity contribution in [2.24, 2.45) is 0 Å². The fourth-order valence-electron chi connectivity index (χ4n) is 2.95. The van der Waals surface area contributed by atoms with Crippen molar-refractivity contribution in [3.8, 4) is 0 Å². The van der Waals surface area contributed by atoms with Gasteiger partial charge in [-0.25, -0.2) is 9.78 Å². The number of amides is 2. The second-order valence-corrected chi connectivity index (χ2v) is 6.94. The van der Waals surface area contributed by atoms with Crippen molar-refractivity contribution < 1.29 is 4.79 Å². The number of carbonyl (C=O) groups excluding carboxylic acids is 1. The molecule has 24 heavy (non-hydrogen) atoms. The zero-order valence-electron chi connectivity index (χ0n) is 13.3. The minimum absolute atomic E-state index is 0.0273. The third-order valence-electron chi connectivity index (χ3n) is 4.21. The van der Waals surface area contributed by atoms with E-state index in [0.29, 0.717) is 29.6 Å². The maximum Gasteiger partial charge on any atom is 0.317 e. The number of aromatic nitrogens is 3. The van der Waals surface area contributed by atoms with Crippen molar-refractivity contribution in [3.05, 3.63) is 46.0 Å². The molecular formula is C16H19Cl2N5O. The minimum Gasteiger partial charge on any atom is -0.335 e. The zero-order chi connectivity index (χ0) is 17.1. The standard InChI is InChI=1S/C16H19Cl2N5O/c1-10(6-11-2-3-13(17)7-14(11)18)21-16(24)23-5-4-12(8-23)15-19-9-20-22-15/h2-3,7,9-10,12H,4-6,8H2,1H3,(H,21,24)(H,19,20,22). The molecule has 0 bridgehead atoms. The molecule has 128 valence electrons. The molecule has 1 aliphatic heterocycles. The van der Waals surface area contributed by atoms with Crippen LogP contribution in [-0.4, -0.2) is 45.2 Å². The Morgan fingerprint density at radius 1 is 1.50 bits per heavy atom. The third-order valence-corrected chi connectivity index (χ3v) is 4.79. The Morgan fingerprint density at radius 2 is 2.33 bits per heavy atom. The highest BCUT2D eigenvalue weighted by molar-refractivity contribution is 6.35. The number of rotatable bonds is 4. The lowest BCUT2D eigenvalue weighted by Gasteiger charge is -2.21. The van der Waals surface area contributed by atoms with Crippen molar-refractivity contribution in [2.45, 2.75) is 31.7 Å². The number of likely N-dealkylation sites (tertiary alicyclic amines) is 1. The van der Waals surface area contributed by atoms with Crippen LogP contribution in [-0.2, 0) is 6.42 Å². The first-order chi connectivity index (χ1) is 11.5. The fourth-order valence-corrected chi connectivity index (χ4v) is 3.44. The average molecular weight is 368 g/mol. The molecule has 0 aliphatic carbocycles. The number of benzene rings is 1. The van der Waals surface area contributed by atoms with Gasteiger partial charge < -0.3 is 10.2 Å². The van der Waals surface area contributed by atoms with Crippen LogP contribution in [0.4, 0.5) is 4.79 Å². The predicted molar refractivity (Wildman–Crippen MR) is 93.5 cm³/mol. The van der Waals surface area contributed by atoms with Gasteiger partial charge in [-0.15, -0.1) is 0 Å². The van der Waals surface area contributed by atoms with E-state index in [0.717, 1.165) is 17.8 Å². The Kier molecular flexibility index (Phi) is 5.26. The van der Waals surface area contributed by atoms with Crippen LogP contribution in [0.3, 0.4) is 0 Å². The van der Waals surface area contributed by atoms with Crippen molar-refractivity contribution in [1.82, 2.24) is 25.4 Å². The Balaban J connectivity index is 1.53. The van der Waals surface area contributed by atoms with Crippen LogP contribution in [0.15, 0.2) is 24.5 Å². The first-order valence-electron chi connectivity index (χ1n) is 7.87. The molecule has 0 saturated carbocycles. The van der Waals surface area contributed by atoms with E-state index in [9.17, 15) is 4.79 Å². The summed E-state index contributed by atoms with van der Waals surface area (Å²) in [6.07, 6.45) is 3.04. The summed E-state index contributed by atoms with van der Waals surface area (Å²) in [7, 11) is 0. The van der Waals surface area contributed by atoms with Crippen molar-refractivity contribution >= 4 is 29.2 Å². The molecule has 2 N–H and O–H groups in total. The van der Waals surface area contributed by atoms with Crippen LogP contribution in [0.1, 0.15) is 30.7 Å². The fraction of sp³-hybridized carbons (Fsp3) is 0.438. The van der Waals surface area contributed by atoms with Crippen LogP contribution in [0.25, 0.3) is 0 Å². The van der Waals surface area contributed by atoms with Gasteiger partial charge in [-0.2, -0.15) is 5.10 Å². The van der Waals surface area contributed by atoms with E-state index < -0.39 is 0 Å². The monoisotopic (exact) mass is 367 g/mol. The molecule has 1 fully saturated rings. The molecule has 2 unspecified atom stereocenters. The molecule has 2 aromatic rings. The van der Waals surface area contributed by atoms with E-state index in [-0.39, 0.29) is 18.0 Å². The highest BCUT2D eigenvalue weighted by Crippen LogP contribution is 2.25. The summed E-state index contributed by atoms with van der Waals surface area (Å²) in [5, 5.41) is 11.0. The normalized spacial score (nSPS) is 18.6. The van der Waals surface area contributed by atoms with E-state index >= 15 is 0 Å². The number of urea groups is 1. The van der Waals surface area contributed by atoms with Crippen LogP contribution in [0, 0.1) is 0 Å². The summed E-state index contributed by atoms with van der Waals surface area (Å²) in [4.78, 5) is 18.4.